The van der Waals surface area contributed by atoms with E-state index in [1.165, 1.54) is 122 Å². The lowest BCUT2D eigenvalue weighted by molar-refractivity contribution is -0.119. The van der Waals surface area contributed by atoms with E-state index in [4.69, 9.17) is 0 Å². The summed E-state index contributed by atoms with van der Waals surface area (Å²) in [6, 6.07) is 0. The van der Waals surface area contributed by atoms with Crippen molar-refractivity contribution in [3.63, 3.8) is 0 Å². The molecule has 0 amide bonds. The lowest BCUT2D eigenvalue weighted by atomic mass is 10.0. The summed E-state index contributed by atoms with van der Waals surface area (Å²) in [4.78, 5) is 12.1. The average molecular weight is 467 g/mol. The molecule has 0 bridgehead atoms. The number of rotatable bonds is 28. The third-order valence-corrected chi connectivity index (χ3v) is 7.19. The molecule has 1 unspecified atom stereocenters. The first-order valence-corrected chi connectivity index (χ1v) is 15.4. The average Bonchev–Trinajstić information content (AvgIpc) is 2.81. The van der Waals surface area contributed by atoms with Crippen LogP contribution in [-0.2, 0) is 4.79 Å². The SMILES string of the molecule is CCCCCCCCCCCCCCCC(=O)CCCCC(O)CCCCCCCCCC. The van der Waals surface area contributed by atoms with Crippen molar-refractivity contribution >= 4 is 5.78 Å². The molecule has 0 aliphatic heterocycles. The first-order chi connectivity index (χ1) is 16.2. The summed E-state index contributed by atoms with van der Waals surface area (Å²) < 4.78 is 0. The number of carbonyl (C=O) groups is 1. The van der Waals surface area contributed by atoms with Crippen LogP contribution in [0.15, 0.2) is 0 Å². The number of hydrogen-bond acceptors (Lipinski definition) is 2. The Kier molecular flexibility index (Phi) is 27.6. The Morgan fingerprint density at radius 2 is 0.727 bits per heavy atom. The maximum Gasteiger partial charge on any atom is 0.132 e. The van der Waals surface area contributed by atoms with Gasteiger partial charge in [0, 0.05) is 12.8 Å². The summed E-state index contributed by atoms with van der Waals surface area (Å²) in [5.74, 6) is 0.440. The van der Waals surface area contributed by atoms with E-state index in [1.807, 2.05) is 0 Å². The summed E-state index contributed by atoms with van der Waals surface area (Å²) in [5.41, 5.74) is 0. The van der Waals surface area contributed by atoms with Gasteiger partial charge in [0.1, 0.15) is 5.78 Å². The number of ketones is 1. The quantitative estimate of drug-likeness (QED) is 0.116. The lowest BCUT2D eigenvalue weighted by Gasteiger charge is -2.10. The number of unbranched alkanes of at least 4 members (excludes halogenated alkanes) is 20. The van der Waals surface area contributed by atoms with Gasteiger partial charge in [0.2, 0.25) is 0 Å². The van der Waals surface area contributed by atoms with Gasteiger partial charge in [-0.25, -0.2) is 0 Å². The molecule has 2 nitrogen and oxygen atoms in total. The van der Waals surface area contributed by atoms with Crippen LogP contribution >= 0.6 is 0 Å². The first kappa shape index (κ1) is 32.6. The van der Waals surface area contributed by atoms with Gasteiger partial charge in [-0.1, -0.05) is 149 Å². The Bertz CT molecular complexity index is 379. The van der Waals surface area contributed by atoms with Gasteiger partial charge in [0.25, 0.3) is 0 Å². The van der Waals surface area contributed by atoms with Gasteiger partial charge in [-0.3, -0.25) is 4.79 Å². The van der Waals surface area contributed by atoms with Crippen LogP contribution in [0, 0.1) is 0 Å². The molecule has 0 saturated carbocycles. The highest BCUT2D eigenvalue weighted by atomic mass is 16.3. The maximum atomic E-state index is 12.1. The summed E-state index contributed by atoms with van der Waals surface area (Å²) in [6.45, 7) is 4.54. The molecule has 0 aromatic rings. The molecule has 0 aliphatic rings. The highest BCUT2D eigenvalue weighted by Crippen LogP contribution is 2.15. The van der Waals surface area contributed by atoms with E-state index in [0.717, 1.165) is 51.4 Å². The third-order valence-electron chi connectivity index (χ3n) is 7.19. The molecule has 2 heteroatoms. The molecule has 0 radical (unpaired) electrons. The third kappa shape index (κ3) is 27.8. The fourth-order valence-corrected chi connectivity index (χ4v) is 4.83. The van der Waals surface area contributed by atoms with Crippen molar-refractivity contribution in [3.05, 3.63) is 0 Å². The molecular formula is C31H62O2. The molecule has 0 saturated heterocycles. The van der Waals surface area contributed by atoms with Crippen molar-refractivity contribution in [1.82, 2.24) is 0 Å². The molecule has 0 rings (SSSR count). The zero-order chi connectivity index (χ0) is 24.2. The molecular weight excluding hydrogens is 404 g/mol. The molecule has 33 heavy (non-hydrogen) atoms. The molecule has 198 valence electrons. The summed E-state index contributed by atoms with van der Waals surface area (Å²) in [6.07, 6.45) is 33.3. The van der Waals surface area contributed by atoms with E-state index >= 15 is 0 Å². The first-order valence-electron chi connectivity index (χ1n) is 15.4. The van der Waals surface area contributed by atoms with Gasteiger partial charge in [-0.15, -0.1) is 0 Å². The van der Waals surface area contributed by atoms with E-state index in [-0.39, 0.29) is 6.10 Å². The zero-order valence-corrected chi connectivity index (χ0v) is 23.0. The summed E-state index contributed by atoms with van der Waals surface area (Å²) >= 11 is 0. The van der Waals surface area contributed by atoms with Crippen LogP contribution in [0.3, 0.4) is 0 Å². The van der Waals surface area contributed by atoms with Crippen molar-refractivity contribution in [2.75, 3.05) is 0 Å². The molecule has 1 N–H and O–H groups in total. The number of Topliss-reactive ketones (excluding diaryl/α,β-unsaturated/α-hetero) is 1. The van der Waals surface area contributed by atoms with E-state index in [1.54, 1.807) is 0 Å². The van der Waals surface area contributed by atoms with Gasteiger partial charge in [0.05, 0.1) is 6.10 Å². The minimum atomic E-state index is -0.152. The molecule has 0 fully saturated rings. The normalized spacial score (nSPS) is 12.3. The van der Waals surface area contributed by atoms with Gasteiger partial charge in [0.15, 0.2) is 0 Å². The van der Waals surface area contributed by atoms with E-state index in [0.29, 0.717) is 5.78 Å². The zero-order valence-electron chi connectivity index (χ0n) is 23.0. The standard InChI is InChI=1S/C31H62O2/c1-3-5-7-9-11-13-14-15-16-17-19-21-23-27-31(33)29-25-24-28-30(32)26-22-20-18-12-10-8-6-4-2/h30,32H,3-29H2,1-2H3. The highest BCUT2D eigenvalue weighted by Gasteiger charge is 2.06. The number of aliphatic hydroxyl groups is 1. The Hall–Kier alpha value is -0.370. The minimum absolute atomic E-state index is 0.152. The van der Waals surface area contributed by atoms with Crippen LogP contribution in [0.25, 0.3) is 0 Å². The van der Waals surface area contributed by atoms with E-state index in [2.05, 4.69) is 13.8 Å². The van der Waals surface area contributed by atoms with Crippen LogP contribution in [0.2, 0.25) is 0 Å². The summed E-state index contributed by atoms with van der Waals surface area (Å²) in [7, 11) is 0. The fraction of sp³-hybridized carbons (Fsp3) is 0.968. The second kappa shape index (κ2) is 27.9. The second-order valence-electron chi connectivity index (χ2n) is 10.7. The molecule has 0 aromatic heterocycles. The fourth-order valence-electron chi connectivity index (χ4n) is 4.83. The Morgan fingerprint density at radius 3 is 1.12 bits per heavy atom. The van der Waals surface area contributed by atoms with Crippen LogP contribution in [0.5, 0.6) is 0 Å². The molecule has 0 aromatic carbocycles. The predicted octanol–water partition coefficient (Wildman–Crippen LogP) is 10.5. The minimum Gasteiger partial charge on any atom is -0.393 e. The second-order valence-corrected chi connectivity index (χ2v) is 10.7. The van der Waals surface area contributed by atoms with Crippen molar-refractivity contribution in [1.29, 1.82) is 0 Å². The lowest BCUT2D eigenvalue weighted by Crippen LogP contribution is -2.06. The Morgan fingerprint density at radius 1 is 0.455 bits per heavy atom. The van der Waals surface area contributed by atoms with Crippen molar-refractivity contribution in [3.8, 4) is 0 Å². The van der Waals surface area contributed by atoms with Crippen molar-refractivity contribution < 1.29 is 9.90 Å². The molecule has 1 atom stereocenters. The van der Waals surface area contributed by atoms with Crippen molar-refractivity contribution in [2.24, 2.45) is 0 Å². The monoisotopic (exact) mass is 466 g/mol. The topological polar surface area (TPSA) is 37.3 Å². The molecule has 0 aliphatic carbocycles. The van der Waals surface area contributed by atoms with Gasteiger partial charge in [-0.2, -0.15) is 0 Å². The number of hydrogen-bond donors (Lipinski definition) is 1. The van der Waals surface area contributed by atoms with Gasteiger partial charge < -0.3 is 5.11 Å². The number of aliphatic hydroxyl groups excluding tert-OH is 1. The molecule has 0 spiro atoms. The Balaban J connectivity index is 3.26. The van der Waals surface area contributed by atoms with E-state index in [9.17, 15) is 9.90 Å². The van der Waals surface area contributed by atoms with Crippen LogP contribution < -0.4 is 0 Å². The van der Waals surface area contributed by atoms with Crippen LogP contribution in [0.4, 0.5) is 0 Å². The van der Waals surface area contributed by atoms with Crippen LogP contribution in [0.1, 0.15) is 187 Å². The van der Waals surface area contributed by atoms with Gasteiger partial charge >= 0.3 is 0 Å². The maximum absolute atomic E-state index is 12.1. The van der Waals surface area contributed by atoms with Crippen molar-refractivity contribution in [2.45, 2.75) is 193 Å². The highest BCUT2D eigenvalue weighted by molar-refractivity contribution is 5.78. The largest absolute Gasteiger partial charge is 0.393 e. The number of carbonyl (C=O) groups excluding carboxylic acids is 1. The Labute approximate surface area is 209 Å². The molecule has 0 heterocycles. The van der Waals surface area contributed by atoms with Crippen LogP contribution in [-0.4, -0.2) is 17.0 Å². The predicted molar refractivity (Wildman–Crippen MR) is 147 cm³/mol. The van der Waals surface area contributed by atoms with Gasteiger partial charge in [-0.05, 0) is 25.7 Å². The smallest absolute Gasteiger partial charge is 0.132 e. The van der Waals surface area contributed by atoms with E-state index < -0.39 is 0 Å². The summed E-state index contributed by atoms with van der Waals surface area (Å²) in [5, 5.41) is 10.1.